The van der Waals surface area contributed by atoms with Crippen molar-refractivity contribution >= 4 is 6.09 Å². The molecule has 0 aromatic heterocycles. The van der Waals surface area contributed by atoms with Crippen molar-refractivity contribution in [3.05, 3.63) is 35.4 Å². The quantitative estimate of drug-likeness (QED) is 0.605. The molecule has 4 N–H and O–H groups in total. The molecule has 0 aliphatic heterocycles. The second-order valence-corrected chi connectivity index (χ2v) is 7.81. The second kappa shape index (κ2) is 7.66. The van der Waals surface area contributed by atoms with Crippen molar-refractivity contribution < 1.29 is 23.8 Å². The molecule has 1 saturated carbocycles. The summed E-state index contributed by atoms with van der Waals surface area (Å²) < 4.78 is 26.8. The number of amides is 1. The summed E-state index contributed by atoms with van der Waals surface area (Å²) in [5, 5.41) is 25.6. The molecular formula is C18H26F2N2O3. The van der Waals surface area contributed by atoms with Crippen LogP contribution in [0.25, 0.3) is 0 Å². The van der Waals surface area contributed by atoms with E-state index in [4.69, 9.17) is 5.11 Å². The van der Waals surface area contributed by atoms with E-state index in [9.17, 15) is 18.7 Å². The lowest BCUT2D eigenvalue weighted by Crippen LogP contribution is -2.58. The number of hydrogen-bond acceptors (Lipinski definition) is 3. The minimum absolute atomic E-state index is 0.0128. The van der Waals surface area contributed by atoms with Crippen LogP contribution >= 0.6 is 0 Å². The standard InChI is InChI=1S/C18H26F2N2O3/c1-18(2,3)16(21-13-4-5-13)15(23)14(22-17(24)25)8-10-6-11(19)9-12(20)7-10/h6-7,9,13-16,21-23H,4-5,8H2,1-3H3,(H,24,25)/t14-,15+,16?/m0/s1. The molecule has 1 unspecified atom stereocenters. The Bertz CT molecular complexity index is 595. The van der Waals surface area contributed by atoms with Crippen LogP contribution in [0.2, 0.25) is 0 Å². The number of hydrogen-bond donors (Lipinski definition) is 4. The Kier molecular flexibility index (Phi) is 6.00. The predicted molar refractivity (Wildman–Crippen MR) is 90.4 cm³/mol. The number of benzene rings is 1. The summed E-state index contributed by atoms with van der Waals surface area (Å²) >= 11 is 0. The van der Waals surface area contributed by atoms with Crippen LogP contribution in [-0.2, 0) is 6.42 Å². The van der Waals surface area contributed by atoms with Gasteiger partial charge in [-0.1, -0.05) is 20.8 Å². The zero-order chi connectivity index (χ0) is 18.8. The van der Waals surface area contributed by atoms with Gasteiger partial charge in [0.1, 0.15) is 11.6 Å². The Morgan fingerprint density at radius 2 is 1.80 bits per heavy atom. The maximum Gasteiger partial charge on any atom is 0.404 e. The lowest BCUT2D eigenvalue weighted by molar-refractivity contribution is 0.0395. The molecule has 2 rings (SSSR count). The van der Waals surface area contributed by atoms with Gasteiger partial charge in [0.2, 0.25) is 0 Å². The van der Waals surface area contributed by atoms with E-state index < -0.39 is 29.9 Å². The van der Waals surface area contributed by atoms with Crippen LogP contribution in [0.3, 0.4) is 0 Å². The van der Waals surface area contributed by atoms with Gasteiger partial charge in [-0.2, -0.15) is 0 Å². The molecule has 0 radical (unpaired) electrons. The maximum absolute atomic E-state index is 13.4. The highest BCUT2D eigenvalue weighted by Gasteiger charge is 2.39. The molecule has 1 aromatic carbocycles. The number of aliphatic hydroxyl groups is 1. The smallest absolute Gasteiger partial charge is 0.404 e. The van der Waals surface area contributed by atoms with E-state index in [1.807, 2.05) is 20.8 Å². The highest BCUT2D eigenvalue weighted by Crippen LogP contribution is 2.29. The maximum atomic E-state index is 13.4. The molecule has 0 heterocycles. The third-order valence-corrected chi connectivity index (χ3v) is 4.37. The van der Waals surface area contributed by atoms with Gasteiger partial charge >= 0.3 is 6.09 Å². The van der Waals surface area contributed by atoms with Crippen LogP contribution in [0, 0.1) is 17.0 Å². The Labute approximate surface area is 146 Å². The summed E-state index contributed by atoms with van der Waals surface area (Å²) in [7, 11) is 0. The van der Waals surface area contributed by atoms with E-state index >= 15 is 0 Å². The summed E-state index contributed by atoms with van der Waals surface area (Å²) in [5.41, 5.74) is -0.0393. The van der Waals surface area contributed by atoms with Crippen molar-refractivity contribution in [1.29, 1.82) is 0 Å². The van der Waals surface area contributed by atoms with Crippen LogP contribution in [0.5, 0.6) is 0 Å². The monoisotopic (exact) mass is 356 g/mol. The van der Waals surface area contributed by atoms with E-state index in [0.29, 0.717) is 6.04 Å². The van der Waals surface area contributed by atoms with Crippen LogP contribution in [0.1, 0.15) is 39.2 Å². The lowest BCUT2D eigenvalue weighted by atomic mass is 9.80. The summed E-state index contributed by atoms with van der Waals surface area (Å²) in [6, 6.07) is 2.10. The van der Waals surface area contributed by atoms with Gasteiger partial charge in [0, 0.05) is 18.2 Å². The molecule has 1 fully saturated rings. The minimum atomic E-state index is -1.29. The van der Waals surface area contributed by atoms with Crippen LogP contribution in [0.15, 0.2) is 18.2 Å². The van der Waals surface area contributed by atoms with E-state index in [0.717, 1.165) is 31.0 Å². The van der Waals surface area contributed by atoms with Gasteiger partial charge < -0.3 is 20.8 Å². The number of aliphatic hydroxyl groups excluding tert-OH is 1. The molecule has 5 nitrogen and oxygen atoms in total. The van der Waals surface area contributed by atoms with Gasteiger partial charge in [-0.25, -0.2) is 13.6 Å². The topological polar surface area (TPSA) is 81.6 Å². The molecule has 1 aliphatic rings. The number of rotatable bonds is 7. The third kappa shape index (κ3) is 5.93. The highest BCUT2D eigenvalue weighted by atomic mass is 19.1. The predicted octanol–water partition coefficient (Wildman–Crippen LogP) is 2.67. The molecule has 1 amide bonds. The van der Waals surface area contributed by atoms with Crippen LogP contribution < -0.4 is 10.6 Å². The van der Waals surface area contributed by atoms with Gasteiger partial charge in [-0.05, 0) is 42.4 Å². The average Bonchev–Trinajstić information content (AvgIpc) is 3.24. The normalized spacial score (nSPS) is 18.5. The van der Waals surface area contributed by atoms with Gasteiger partial charge in [0.15, 0.2) is 0 Å². The zero-order valence-electron chi connectivity index (χ0n) is 14.7. The minimum Gasteiger partial charge on any atom is -0.465 e. The van der Waals surface area contributed by atoms with Gasteiger partial charge in [-0.3, -0.25) is 0 Å². The SMILES string of the molecule is CC(C)(C)C(NC1CC1)[C@H](O)[C@H](Cc1cc(F)cc(F)c1)NC(=O)O. The Morgan fingerprint density at radius 3 is 2.24 bits per heavy atom. The van der Waals surface area contributed by atoms with Crippen molar-refractivity contribution in [3.63, 3.8) is 0 Å². The fraction of sp³-hybridized carbons (Fsp3) is 0.611. The molecule has 7 heteroatoms. The molecule has 1 aliphatic carbocycles. The number of carboxylic acid groups (broad SMARTS) is 1. The lowest BCUT2D eigenvalue weighted by Gasteiger charge is -2.39. The third-order valence-electron chi connectivity index (χ3n) is 4.37. The fourth-order valence-corrected chi connectivity index (χ4v) is 3.00. The highest BCUT2D eigenvalue weighted by molar-refractivity contribution is 5.65. The van der Waals surface area contributed by atoms with E-state index in [-0.39, 0.29) is 23.4 Å². The van der Waals surface area contributed by atoms with Crippen LogP contribution in [0.4, 0.5) is 13.6 Å². The molecule has 3 atom stereocenters. The first-order valence-electron chi connectivity index (χ1n) is 8.45. The van der Waals surface area contributed by atoms with Crippen molar-refractivity contribution in [2.45, 2.75) is 64.3 Å². The van der Waals surface area contributed by atoms with Gasteiger partial charge in [-0.15, -0.1) is 0 Å². The molecule has 0 spiro atoms. The number of carbonyl (C=O) groups is 1. The Morgan fingerprint density at radius 1 is 1.24 bits per heavy atom. The van der Waals surface area contributed by atoms with Gasteiger partial charge in [0.25, 0.3) is 0 Å². The molecule has 140 valence electrons. The summed E-state index contributed by atoms with van der Waals surface area (Å²) in [4.78, 5) is 11.2. The number of nitrogens with one attached hydrogen (secondary N) is 2. The summed E-state index contributed by atoms with van der Waals surface area (Å²) in [5.74, 6) is -1.47. The molecule has 0 bridgehead atoms. The summed E-state index contributed by atoms with van der Waals surface area (Å²) in [6.07, 6.45) is -0.319. The van der Waals surface area contributed by atoms with Crippen molar-refractivity contribution in [2.24, 2.45) is 5.41 Å². The average molecular weight is 356 g/mol. The van der Waals surface area contributed by atoms with Crippen molar-refractivity contribution in [2.75, 3.05) is 0 Å². The fourth-order valence-electron chi connectivity index (χ4n) is 3.00. The first-order valence-corrected chi connectivity index (χ1v) is 8.45. The first kappa shape index (κ1) is 19.6. The first-order chi connectivity index (χ1) is 11.6. The Hall–Kier alpha value is -1.73. The Balaban J connectivity index is 2.22. The van der Waals surface area contributed by atoms with Crippen molar-refractivity contribution in [1.82, 2.24) is 10.6 Å². The second-order valence-electron chi connectivity index (χ2n) is 7.81. The summed E-state index contributed by atoms with van der Waals surface area (Å²) in [6.45, 7) is 5.86. The van der Waals surface area contributed by atoms with E-state index in [2.05, 4.69) is 10.6 Å². The molecule has 0 saturated heterocycles. The molecule has 1 aromatic rings. The van der Waals surface area contributed by atoms with Crippen LogP contribution in [-0.4, -0.2) is 40.5 Å². The molecule has 25 heavy (non-hydrogen) atoms. The largest absolute Gasteiger partial charge is 0.465 e. The molecular weight excluding hydrogens is 330 g/mol. The zero-order valence-corrected chi connectivity index (χ0v) is 14.7. The van der Waals surface area contributed by atoms with Crippen molar-refractivity contribution in [3.8, 4) is 0 Å². The number of halogens is 2. The van der Waals surface area contributed by atoms with Gasteiger partial charge in [0.05, 0.1) is 12.1 Å². The van der Waals surface area contributed by atoms with E-state index in [1.54, 1.807) is 0 Å². The van der Waals surface area contributed by atoms with E-state index in [1.165, 1.54) is 0 Å².